The fourth-order valence-electron chi connectivity index (χ4n) is 3.44. The maximum Gasteiger partial charge on any atom is 0.417 e. The van der Waals surface area contributed by atoms with Gasteiger partial charge in [0.2, 0.25) is 10.0 Å². The number of aromatic nitrogens is 2. The van der Waals surface area contributed by atoms with Gasteiger partial charge in [-0.25, -0.2) is 8.42 Å². The molecule has 0 saturated carbocycles. The van der Waals surface area contributed by atoms with E-state index in [-0.39, 0.29) is 18.0 Å². The van der Waals surface area contributed by atoms with Crippen LogP contribution in [0.1, 0.15) is 24.8 Å². The molecule has 2 heterocycles. The van der Waals surface area contributed by atoms with Crippen molar-refractivity contribution in [2.75, 3.05) is 32.7 Å². The summed E-state index contributed by atoms with van der Waals surface area (Å²) in [7, 11) is -4.00. The monoisotopic (exact) mass is 464 g/mol. The Morgan fingerprint density at radius 2 is 1.73 bits per heavy atom. The summed E-state index contributed by atoms with van der Waals surface area (Å²) in [5.74, 6) is 0. The highest BCUT2D eigenvalue weighted by Crippen LogP contribution is 2.36. The summed E-state index contributed by atoms with van der Waals surface area (Å²) < 4.78 is 67.9. The van der Waals surface area contributed by atoms with E-state index in [1.54, 1.807) is 6.20 Å². The standard InChI is InChI=1S/C19H24ClF3N4O2S/c20-18-6-5-16(15-17(18)19(21,22)23)30(28,29)27-13-11-25(12-14-27)8-2-1-3-9-26-10-4-7-24-26/h4-7,10,15H,1-3,8-9,11-14H2. The maximum atomic E-state index is 13.1. The minimum absolute atomic E-state index is 0.250. The zero-order valence-electron chi connectivity index (χ0n) is 16.4. The number of alkyl halides is 3. The first-order chi connectivity index (χ1) is 14.2. The van der Waals surface area contributed by atoms with Crippen LogP contribution in [-0.2, 0) is 22.7 Å². The molecule has 6 nitrogen and oxygen atoms in total. The molecule has 30 heavy (non-hydrogen) atoms. The van der Waals surface area contributed by atoms with E-state index in [1.165, 1.54) is 4.31 Å². The van der Waals surface area contributed by atoms with Gasteiger partial charge < -0.3 is 4.90 Å². The molecule has 0 unspecified atom stereocenters. The molecule has 0 radical (unpaired) electrons. The van der Waals surface area contributed by atoms with Crippen molar-refractivity contribution in [2.24, 2.45) is 0 Å². The first-order valence-electron chi connectivity index (χ1n) is 9.74. The summed E-state index contributed by atoms with van der Waals surface area (Å²) in [6.45, 7) is 3.35. The van der Waals surface area contributed by atoms with Crippen molar-refractivity contribution < 1.29 is 21.6 Å². The van der Waals surface area contributed by atoms with Gasteiger partial charge >= 0.3 is 6.18 Å². The lowest BCUT2D eigenvalue weighted by atomic mass is 10.2. The van der Waals surface area contributed by atoms with E-state index >= 15 is 0 Å². The third-order valence-corrected chi connectivity index (χ3v) is 7.36. The van der Waals surface area contributed by atoms with Gasteiger partial charge in [-0.15, -0.1) is 0 Å². The number of piperazine rings is 1. The molecule has 0 aliphatic carbocycles. The molecule has 0 atom stereocenters. The largest absolute Gasteiger partial charge is 0.417 e. The lowest BCUT2D eigenvalue weighted by Gasteiger charge is -2.34. The van der Waals surface area contributed by atoms with Gasteiger partial charge in [0.15, 0.2) is 0 Å². The Balaban J connectivity index is 1.49. The Morgan fingerprint density at radius 1 is 1.03 bits per heavy atom. The number of benzene rings is 1. The molecule has 1 aliphatic rings. The van der Waals surface area contributed by atoms with Crippen LogP contribution < -0.4 is 0 Å². The Hall–Kier alpha value is -1.62. The van der Waals surface area contributed by atoms with Crippen LogP contribution in [0.4, 0.5) is 13.2 Å². The first kappa shape index (κ1) is 23.1. The molecule has 11 heteroatoms. The zero-order valence-corrected chi connectivity index (χ0v) is 17.9. The molecule has 0 bridgehead atoms. The van der Waals surface area contributed by atoms with Gasteiger partial charge in [0.1, 0.15) is 0 Å². The summed E-state index contributed by atoms with van der Waals surface area (Å²) in [4.78, 5) is 1.80. The van der Waals surface area contributed by atoms with Crippen molar-refractivity contribution in [3.05, 3.63) is 47.2 Å². The highest BCUT2D eigenvalue weighted by molar-refractivity contribution is 7.89. The average Bonchev–Trinajstić information content (AvgIpc) is 3.21. The zero-order chi connectivity index (χ0) is 21.8. The number of unbranched alkanes of at least 4 members (excludes halogenated alkanes) is 2. The SMILES string of the molecule is O=S(=O)(c1ccc(Cl)c(C(F)(F)F)c1)N1CCN(CCCCCn2cccn2)CC1. The van der Waals surface area contributed by atoms with Gasteiger partial charge in [0, 0.05) is 45.1 Å². The smallest absolute Gasteiger partial charge is 0.301 e. The number of aryl methyl sites for hydroxylation is 1. The molecule has 3 rings (SSSR count). The second kappa shape index (κ2) is 9.67. The van der Waals surface area contributed by atoms with Crippen LogP contribution in [0.5, 0.6) is 0 Å². The third-order valence-electron chi connectivity index (χ3n) is 5.13. The van der Waals surface area contributed by atoms with E-state index in [0.717, 1.165) is 44.5 Å². The predicted octanol–water partition coefficient (Wildman–Crippen LogP) is 3.73. The molecule has 1 aromatic heterocycles. The van der Waals surface area contributed by atoms with E-state index < -0.39 is 26.8 Å². The molecule has 1 aliphatic heterocycles. The van der Waals surface area contributed by atoms with E-state index in [4.69, 9.17) is 11.6 Å². The molecule has 1 aromatic carbocycles. The number of halogens is 4. The highest BCUT2D eigenvalue weighted by Gasteiger charge is 2.36. The number of sulfonamides is 1. The Bertz CT molecular complexity index is 928. The van der Waals surface area contributed by atoms with Gasteiger partial charge in [-0.3, -0.25) is 4.68 Å². The quantitative estimate of drug-likeness (QED) is 0.558. The van der Waals surface area contributed by atoms with Crippen molar-refractivity contribution in [3.8, 4) is 0 Å². The van der Waals surface area contributed by atoms with Crippen molar-refractivity contribution in [1.29, 1.82) is 0 Å². The van der Waals surface area contributed by atoms with Crippen LogP contribution in [0.25, 0.3) is 0 Å². The van der Waals surface area contributed by atoms with Crippen LogP contribution in [0, 0.1) is 0 Å². The molecule has 0 spiro atoms. The Morgan fingerprint density at radius 3 is 2.37 bits per heavy atom. The molecular weight excluding hydrogens is 441 g/mol. The molecule has 0 N–H and O–H groups in total. The fraction of sp³-hybridized carbons (Fsp3) is 0.526. The van der Waals surface area contributed by atoms with Gasteiger partial charge in [0.25, 0.3) is 0 Å². The van der Waals surface area contributed by atoms with Crippen molar-refractivity contribution in [3.63, 3.8) is 0 Å². The number of nitrogens with zero attached hydrogens (tertiary/aromatic N) is 4. The normalized spacial score (nSPS) is 16.8. The number of rotatable bonds is 8. The maximum absolute atomic E-state index is 13.1. The van der Waals surface area contributed by atoms with Gasteiger partial charge in [0.05, 0.1) is 15.5 Å². The highest BCUT2D eigenvalue weighted by atomic mass is 35.5. The average molecular weight is 465 g/mol. The summed E-state index contributed by atoms with van der Waals surface area (Å²) >= 11 is 5.60. The minimum atomic E-state index is -4.71. The molecule has 2 aromatic rings. The molecule has 166 valence electrons. The lowest BCUT2D eigenvalue weighted by molar-refractivity contribution is -0.137. The van der Waals surface area contributed by atoms with E-state index in [2.05, 4.69) is 10.00 Å². The summed E-state index contributed by atoms with van der Waals surface area (Å²) in [5, 5.41) is 3.64. The fourth-order valence-corrected chi connectivity index (χ4v) is 5.12. The number of hydrogen-bond donors (Lipinski definition) is 0. The van der Waals surface area contributed by atoms with Crippen LogP contribution in [0.2, 0.25) is 5.02 Å². The lowest BCUT2D eigenvalue weighted by Crippen LogP contribution is -2.48. The number of hydrogen-bond acceptors (Lipinski definition) is 4. The van der Waals surface area contributed by atoms with Crippen LogP contribution in [0.15, 0.2) is 41.6 Å². The van der Waals surface area contributed by atoms with Crippen molar-refractivity contribution in [2.45, 2.75) is 36.9 Å². The Kier molecular flexibility index (Phi) is 7.43. The van der Waals surface area contributed by atoms with Crippen LogP contribution in [-0.4, -0.2) is 60.1 Å². The molecule has 1 saturated heterocycles. The second-order valence-electron chi connectivity index (χ2n) is 7.21. The van der Waals surface area contributed by atoms with Crippen molar-refractivity contribution in [1.82, 2.24) is 19.0 Å². The van der Waals surface area contributed by atoms with Gasteiger partial charge in [-0.2, -0.15) is 22.6 Å². The molecular formula is C19H24ClF3N4O2S. The molecule has 0 amide bonds. The van der Waals surface area contributed by atoms with Crippen LogP contribution in [0.3, 0.4) is 0 Å². The summed E-state index contributed by atoms with van der Waals surface area (Å²) in [6.07, 6.45) is 2.04. The molecule has 1 fully saturated rings. The van der Waals surface area contributed by atoms with E-state index in [1.807, 2.05) is 16.9 Å². The predicted molar refractivity (Wildman–Crippen MR) is 108 cm³/mol. The van der Waals surface area contributed by atoms with E-state index in [9.17, 15) is 21.6 Å². The third kappa shape index (κ3) is 5.75. The summed E-state index contributed by atoms with van der Waals surface area (Å²) in [6, 6.07) is 4.61. The topological polar surface area (TPSA) is 58.4 Å². The first-order valence-corrected chi connectivity index (χ1v) is 11.6. The van der Waals surface area contributed by atoms with Crippen molar-refractivity contribution >= 4 is 21.6 Å². The van der Waals surface area contributed by atoms with Crippen LogP contribution >= 0.6 is 11.6 Å². The second-order valence-corrected chi connectivity index (χ2v) is 9.56. The van der Waals surface area contributed by atoms with Gasteiger partial charge in [-0.05, 0) is 43.7 Å². The minimum Gasteiger partial charge on any atom is -0.301 e. The Labute approximate surface area is 179 Å². The summed E-state index contributed by atoms with van der Waals surface area (Å²) in [5.41, 5.74) is -1.14. The van der Waals surface area contributed by atoms with Gasteiger partial charge in [-0.1, -0.05) is 18.0 Å². The van der Waals surface area contributed by atoms with E-state index in [0.29, 0.717) is 19.2 Å².